The summed E-state index contributed by atoms with van der Waals surface area (Å²) in [6, 6.07) is 32.4. The Morgan fingerprint density at radius 1 is 0.727 bits per heavy atom. The second kappa shape index (κ2) is 10.0. The van der Waals surface area contributed by atoms with Crippen LogP contribution in [0.5, 0.6) is 5.75 Å². The molecule has 0 unspecified atom stereocenters. The molecule has 2 heterocycles. The summed E-state index contributed by atoms with van der Waals surface area (Å²) < 4.78 is 5.76. The van der Waals surface area contributed by atoms with E-state index in [9.17, 15) is 19.2 Å². The number of rotatable bonds is 5. The van der Waals surface area contributed by atoms with E-state index in [1.807, 2.05) is 61.5 Å². The van der Waals surface area contributed by atoms with Crippen LogP contribution in [0.15, 0.2) is 103 Å². The Bertz CT molecular complexity index is 1740. The van der Waals surface area contributed by atoms with Gasteiger partial charge in [0.25, 0.3) is 0 Å². The summed E-state index contributed by atoms with van der Waals surface area (Å²) in [4.78, 5) is 57.3. The molecule has 44 heavy (non-hydrogen) atoms. The van der Waals surface area contributed by atoms with Crippen LogP contribution < -0.4 is 9.64 Å². The van der Waals surface area contributed by atoms with Crippen LogP contribution in [0.1, 0.15) is 59.0 Å². The van der Waals surface area contributed by atoms with Gasteiger partial charge >= 0.3 is 5.97 Å². The predicted octanol–water partition coefficient (Wildman–Crippen LogP) is 5.60. The van der Waals surface area contributed by atoms with Crippen molar-refractivity contribution in [3.05, 3.63) is 131 Å². The lowest BCUT2D eigenvalue weighted by Gasteiger charge is -2.45. The smallest absolute Gasteiger partial charge is 0.316 e. The van der Waals surface area contributed by atoms with Crippen molar-refractivity contribution < 1.29 is 23.9 Å². The van der Waals surface area contributed by atoms with E-state index in [1.165, 1.54) is 4.90 Å². The number of amides is 3. The SMILES string of the molecule is C[C@H](c1ccccc1)N1C[C@H](C(=O)Oc2cccc(N3C(=O)[C@@H]4C5c6ccccc6C(c6ccccc65)[C@@H]4C3=O)c2)CC1=O. The van der Waals surface area contributed by atoms with Gasteiger partial charge in [-0.05, 0) is 46.9 Å². The Hall–Kier alpha value is -5.04. The number of carbonyl (C=O) groups is 4. The van der Waals surface area contributed by atoms with Crippen LogP contribution in [0.25, 0.3) is 0 Å². The van der Waals surface area contributed by atoms with Crippen LogP contribution in [0.4, 0.5) is 5.69 Å². The molecule has 3 amide bonds. The average molecular weight is 583 g/mol. The number of likely N-dealkylation sites (tertiary alicyclic amines) is 1. The largest absolute Gasteiger partial charge is 0.426 e. The summed E-state index contributed by atoms with van der Waals surface area (Å²) in [5.41, 5.74) is 5.85. The summed E-state index contributed by atoms with van der Waals surface area (Å²) in [7, 11) is 0. The lowest BCUT2D eigenvalue weighted by molar-refractivity contribution is -0.139. The minimum Gasteiger partial charge on any atom is -0.426 e. The van der Waals surface area contributed by atoms with Crippen LogP contribution >= 0.6 is 0 Å². The number of esters is 1. The summed E-state index contributed by atoms with van der Waals surface area (Å²) in [5, 5.41) is 0. The van der Waals surface area contributed by atoms with E-state index in [4.69, 9.17) is 4.74 Å². The van der Waals surface area contributed by atoms with Gasteiger partial charge in [-0.25, -0.2) is 4.90 Å². The number of nitrogens with zero attached hydrogens (tertiary/aromatic N) is 2. The standard InChI is InChI=1S/C37H30N2O5/c1-21(22-10-3-2-4-11-22)38-20-23(18-30(38)40)37(43)44-25-13-9-12-24(19-25)39-35(41)33-31-26-14-5-6-15-27(26)32(34(33)36(39)42)29-17-8-7-16-28(29)31/h2-17,19,21,23,31-34H,18,20H2,1H3/t21-,23-,31?,32?,33-,34+/m1/s1. The molecule has 2 saturated heterocycles. The quantitative estimate of drug-likeness (QED) is 0.174. The molecule has 0 saturated carbocycles. The van der Waals surface area contributed by atoms with Gasteiger partial charge in [-0.1, -0.05) is 84.9 Å². The van der Waals surface area contributed by atoms with Gasteiger partial charge in [0, 0.05) is 30.9 Å². The molecule has 218 valence electrons. The van der Waals surface area contributed by atoms with Crippen molar-refractivity contribution in [1.29, 1.82) is 0 Å². The van der Waals surface area contributed by atoms with E-state index in [0.29, 0.717) is 5.69 Å². The van der Waals surface area contributed by atoms with Gasteiger partial charge in [-0.3, -0.25) is 19.2 Å². The molecule has 0 radical (unpaired) electrons. The lowest BCUT2D eigenvalue weighted by Crippen LogP contribution is -2.41. The Labute approximate surface area is 255 Å². The number of anilines is 1. The molecule has 0 spiro atoms. The van der Waals surface area contributed by atoms with E-state index < -0.39 is 23.7 Å². The van der Waals surface area contributed by atoms with Crippen molar-refractivity contribution in [2.24, 2.45) is 17.8 Å². The van der Waals surface area contributed by atoms with Gasteiger partial charge in [-0.15, -0.1) is 0 Å². The number of carbonyl (C=O) groups excluding carboxylic acids is 4. The Morgan fingerprint density at radius 3 is 1.84 bits per heavy atom. The molecule has 3 aliphatic carbocycles. The Kier molecular flexibility index (Phi) is 6.05. The summed E-state index contributed by atoms with van der Waals surface area (Å²) in [5.74, 6) is -2.80. The van der Waals surface area contributed by atoms with E-state index in [-0.39, 0.29) is 54.3 Å². The number of hydrogen-bond donors (Lipinski definition) is 0. The van der Waals surface area contributed by atoms with Gasteiger partial charge in [0.1, 0.15) is 5.75 Å². The first-order valence-corrected chi connectivity index (χ1v) is 15.1. The molecule has 4 aromatic rings. The van der Waals surface area contributed by atoms with Crippen LogP contribution in [-0.4, -0.2) is 35.1 Å². The Balaban J connectivity index is 1.04. The normalized spacial score (nSPS) is 25.5. The number of ether oxygens (including phenoxy) is 1. The molecular weight excluding hydrogens is 552 g/mol. The van der Waals surface area contributed by atoms with Crippen LogP contribution in [0.2, 0.25) is 0 Å². The highest BCUT2D eigenvalue weighted by Gasteiger charge is 2.61. The molecule has 0 aromatic heterocycles. The first-order chi connectivity index (χ1) is 21.4. The highest BCUT2D eigenvalue weighted by atomic mass is 16.5. The third-order valence-electron chi connectivity index (χ3n) is 9.98. The second-order valence-electron chi connectivity index (χ2n) is 12.2. The van der Waals surface area contributed by atoms with Crippen LogP contribution in [0, 0.1) is 17.8 Å². The van der Waals surface area contributed by atoms with Crippen molar-refractivity contribution in [3.8, 4) is 5.75 Å². The maximum atomic E-state index is 14.1. The molecule has 0 N–H and O–H groups in total. The van der Waals surface area contributed by atoms with Gasteiger partial charge in [-0.2, -0.15) is 0 Å². The fourth-order valence-electron chi connectivity index (χ4n) is 7.99. The van der Waals surface area contributed by atoms with Crippen LogP contribution in [-0.2, 0) is 19.2 Å². The Morgan fingerprint density at radius 2 is 1.27 bits per heavy atom. The van der Waals surface area contributed by atoms with E-state index >= 15 is 0 Å². The highest BCUT2D eigenvalue weighted by Crippen LogP contribution is 2.61. The van der Waals surface area contributed by atoms with Gasteiger partial charge in [0.05, 0.1) is 29.5 Å². The molecule has 7 heteroatoms. The third kappa shape index (κ3) is 3.88. The zero-order chi connectivity index (χ0) is 30.1. The first-order valence-electron chi connectivity index (χ1n) is 15.1. The number of benzene rings is 4. The summed E-state index contributed by atoms with van der Waals surface area (Å²) in [6.07, 6.45) is 0.0754. The molecule has 5 aliphatic rings. The minimum absolute atomic E-state index is 0.0754. The molecule has 4 atom stereocenters. The molecule has 2 fully saturated rings. The zero-order valence-electron chi connectivity index (χ0n) is 24.1. The predicted molar refractivity (Wildman–Crippen MR) is 163 cm³/mol. The fraction of sp³-hybridized carbons (Fsp3) is 0.243. The maximum absolute atomic E-state index is 14.1. The molecular formula is C37H30N2O5. The molecule has 7 nitrogen and oxygen atoms in total. The first kappa shape index (κ1) is 26.6. The van der Waals surface area contributed by atoms with E-state index in [2.05, 4.69) is 24.3 Å². The topological polar surface area (TPSA) is 84.0 Å². The van der Waals surface area contributed by atoms with Crippen molar-refractivity contribution in [2.45, 2.75) is 31.2 Å². The van der Waals surface area contributed by atoms with Gasteiger partial charge in [0.2, 0.25) is 17.7 Å². The van der Waals surface area contributed by atoms with Crippen molar-refractivity contribution in [1.82, 2.24) is 4.90 Å². The second-order valence-corrected chi connectivity index (χ2v) is 12.2. The van der Waals surface area contributed by atoms with Gasteiger partial charge in [0.15, 0.2) is 0 Å². The van der Waals surface area contributed by atoms with E-state index in [1.54, 1.807) is 29.2 Å². The van der Waals surface area contributed by atoms with Crippen molar-refractivity contribution >= 4 is 29.4 Å². The zero-order valence-corrected chi connectivity index (χ0v) is 24.1. The molecule has 2 aliphatic heterocycles. The highest BCUT2D eigenvalue weighted by molar-refractivity contribution is 6.23. The van der Waals surface area contributed by atoms with Crippen LogP contribution in [0.3, 0.4) is 0 Å². The number of imide groups is 1. The van der Waals surface area contributed by atoms with Gasteiger partial charge < -0.3 is 9.64 Å². The monoisotopic (exact) mass is 582 g/mol. The summed E-state index contributed by atoms with van der Waals surface area (Å²) >= 11 is 0. The molecule has 9 rings (SSSR count). The molecule has 2 bridgehead atoms. The van der Waals surface area contributed by atoms with E-state index in [0.717, 1.165) is 27.8 Å². The average Bonchev–Trinajstić information content (AvgIpc) is 3.58. The number of hydrogen-bond acceptors (Lipinski definition) is 5. The van der Waals surface area contributed by atoms with Crippen molar-refractivity contribution in [2.75, 3.05) is 11.4 Å². The fourth-order valence-corrected chi connectivity index (χ4v) is 7.99. The molecule has 4 aromatic carbocycles. The lowest BCUT2D eigenvalue weighted by atomic mass is 9.55. The maximum Gasteiger partial charge on any atom is 0.316 e. The minimum atomic E-state index is -0.608. The summed E-state index contributed by atoms with van der Waals surface area (Å²) in [6.45, 7) is 2.22. The third-order valence-corrected chi connectivity index (χ3v) is 9.98. The van der Waals surface area contributed by atoms with Crippen molar-refractivity contribution in [3.63, 3.8) is 0 Å².